The van der Waals surface area contributed by atoms with Crippen molar-refractivity contribution >= 4 is 35.5 Å². The zero-order chi connectivity index (χ0) is 21.7. The van der Waals surface area contributed by atoms with Crippen LogP contribution in [0.4, 0.5) is 0 Å². The molecule has 0 fully saturated rings. The average Bonchev–Trinajstić information content (AvgIpc) is 2.58. The van der Waals surface area contributed by atoms with Crippen LogP contribution in [-0.4, -0.2) is 68.3 Å². The summed E-state index contributed by atoms with van der Waals surface area (Å²) in [6.45, 7) is 3.12. The molecule has 0 aliphatic rings. The molecule has 0 aliphatic heterocycles. The van der Waals surface area contributed by atoms with E-state index in [-0.39, 0.29) is 13.5 Å². The maximum atomic E-state index is 11.8. The number of nitrogens with one attached hydrogen (secondary N) is 2. The predicted molar refractivity (Wildman–Crippen MR) is 90.1 cm³/mol. The number of rotatable bonds is 12. The first-order valence-corrected chi connectivity index (χ1v) is 8.15. The van der Waals surface area contributed by atoms with Crippen molar-refractivity contribution in [3.05, 3.63) is 0 Å². The minimum atomic E-state index is -1.23. The average molecular weight is 404 g/mol. The van der Waals surface area contributed by atoms with Crippen LogP contribution in [0.2, 0.25) is 0 Å². The molecule has 0 saturated carbocycles. The van der Waals surface area contributed by atoms with Gasteiger partial charge in [-0.3, -0.25) is 28.8 Å². The molecular weight excluding hydrogens is 380 g/mol. The number of hydrogen-bond donors (Lipinski definition) is 2. The van der Waals surface area contributed by atoms with E-state index in [2.05, 4.69) is 20.1 Å². The fourth-order valence-electron chi connectivity index (χ4n) is 1.59. The minimum absolute atomic E-state index is 0.315. The van der Waals surface area contributed by atoms with Crippen molar-refractivity contribution in [3.8, 4) is 0 Å². The number of hydrogen-bond acceptors (Lipinski definition) is 10. The summed E-state index contributed by atoms with van der Waals surface area (Å²) in [5, 5.41) is 4.54. The number of carbonyl (C=O) groups excluding carboxylic acids is 6. The molecule has 2 amide bonds. The van der Waals surface area contributed by atoms with Gasteiger partial charge in [-0.2, -0.15) is 0 Å². The van der Waals surface area contributed by atoms with E-state index in [0.717, 1.165) is 0 Å². The standard InChI is InChI=1S/C16H24N2O10/c1-9(19)5-13(21)27-10(2)15(23)17-7-18-16(24)11(3)28-14(22)6-12(20)26-8-25-4/h10-11H,5-8H2,1-4H3,(H,17,23)(H,18,24). The van der Waals surface area contributed by atoms with Gasteiger partial charge in [-0.05, 0) is 20.8 Å². The third kappa shape index (κ3) is 11.6. The Morgan fingerprint density at radius 1 is 0.786 bits per heavy atom. The molecule has 12 nitrogen and oxygen atoms in total. The summed E-state index contributed by atoms with van der Waals surface area (Å²) in [5.41, 5.74) is 0. The van der Waals surface area contributed by atoms with Gasteiger partial charge in [0, 0.05) is 7.11 Å². The molecule has 0 rings (SSSR count). The Kier molecular flexibility index (Phi) is 11.8. The Bertz CT molecular complexity index is 604. The fourth-order valence-corrected chi connectivity index (χ4v) is 1.59. The van der Waals surface area contributed by atoms with E-state index in [1.54, 1.807) is 0 Å². The smallest absolute Gasteiger partial charge is 0.319 e. The molecule has 0 radical (unpaired) electrons. The largest absolute Gasteiger partial charge is 0.452 e. The summed E-state index contributed by atoms with van der Waals surface area (Å²) in [4.78, 5) is 68.3. The summed E-state index contributed by atoms with van der Waals surface area (Å²) >= 11 is 0. The summed E-state index contributed by atoms with van der Waals surface area (Å²) < 4.78 is 18.5. The van der Waals surface area contributed by atoms with Crippen LogP contribution < -0.4 is 10.6 Å². The summed E-state index contributed by atoms with van der Waals surface area (Å²) in [6, 6.07) is 0. The van der Waals surface area contributed by atoms with Crippen LogP contribution in [-0.2, 0) is 47.7 Å². The lowest BCUT2D eigenvalue weighted by atomic mass is 10.3. The molecule has 158 valence electrons. The van der Waals surface area contributed by atoms with Crippen molar-refractivity contribution in [2.45, 2.75) is 45.8 Å². The molecule has 2 atom stereocenters. The number of esters is 3. The third-order valence-corrected chi connectivity index (χ3v) is 2.90. The van der Waals surface area contributed by atoms with Gasteiger partial charge in [0.2, 0.25) is 0 Å². The van der Waals surface area contributed by atoms with Gasteiger partial charge in [0.15, 0.2) is 19.0 Å². The summed E-state index contributed by atoms with van der Waals surface area (Å²) in [7, 11) is 1.30. The summed E-state index contributed by atoms with van der Waals surface area (Å²) in [5.74, 6) is -4.54. The second-order valence-corrected chi connectivity index (χ2v) is 5.50. The van der Waals surface area contributed by atoms with Crippen LogP contribution in [0.15, 0.2) is 0 Å². The Morgan fingerprint density at radius 3 is 1.68 bits per heavy atom. The van der Waals surface area contributed by atoms with Crippen molar-refractivity contribution < 1.29 is 47.7 Å². The van der Waals surface area contributed by atoms with Crippen molar-refractivity contribution in [3.63, 3.8) is 0 Å². The second-order valence-electron chi connectivity index (χ2n) is 5.50. The number of methoxy groups -OCH3 is 1. The van der Waals surface area contributed by atoms with E-state index < -0.39 is 60.6 Å². The van der Waals surface area contributed by atoms with Gasteiger partial charge in [0.05, 0.1) is 6.67 Å². The Labute approximate surface area is 161 Å². The maximum Gasteiger partial charge on any atom is 0.319 e. The van der Waals surface area contributed by atoms with Gasteiger partial charge in [-0.15, -0.1) is 0 Å². The topological polar surface area (TPSA) is 163 Å². The molecule has 2 N–H and O–H groups in total. The SMILES string of the molecule is COCOC(=O)CC(=O)OC(C)C(=O)NCNC(=O)C(C)OC(=O)CC(C)=O. The van der Waals surface area contributed by atoms with Crippen molar-refractivity contribution in [1.82, 2.24) is 10.6 Å². The molecule has 28 heavy (non-hydrogen) atoms. The first kappa shape index (κ1) is 25.0. The molecule has 0 aromatic heterocycles. The Morgan fingerprint density at radius 2 is 1.25 bits per heavy atom. The fraction of sp³-hybridized carbons (Fsp3) is 0.625. The zero-order valence-electron chi connectivity index (χ0n) is 16.1. The molecule has 12 heteroatoms. The van der Waals surface area contributed by atoms with E-state index in [1.807, 2.05) is 0 Å². The second kappa shape index (κ2) is 13.2. The normalized spacial score (nSPS) is 12.1. The number of carbonyl (C=O) groups is 6. The quantitative estimate of drug-likeness (QED) is 0.170. The molecule has 0 spiro atoms. The highest BCUT2D eigenvalue weighted by Gasteiger charge is 2.21. The van der Waals surface area contributed by atoms with Gasteiger partial charge in [-0.25, -0.2) is 0 Å². The predicted octanol–water partition coefficient (Wildman–Crippen LogP) is -1.44. The highest BCUT2D eigenvalue weighted by molar-refractivity contribution is 5.95. The monoisotopic (exact) mass is 404 g/mol. The van der Waals surface area contributed by atoms with E-state index in [0.29, 0.717) is 0 Å². The Balaban J connectivity index is 4.16. The van der Waals surface area contributed by atoms with E-state index in [4.69, 9.17) is 9.47 Å². The highest BCUT2D eigenvalue weighted by Crippen LogP contribution is 1.98. The van der Waals surface area contributed by atoms with Gasteiger partial charge >= 0.3 is 17.9 Å². The van der Waals surface area contributed by atoms with E-state index in [1.165, 1.54) is 27.9 Å². The Hall–Kier alpha value is -3.02. The van der Waals surface area contributed by atoms with Gasteiger partial charge in [0.1, 0.15) is 18.6 Å². The van der Waals surface area contributed by atoms with Crippen LogP contribution in [0.3, 0.4) is 0 Å². The zero-order valence-corrected chi connectivity index (χ0v) is 16.1. The van der Waals surface area contributed by atoms with Crippen LogP contribution in [0.25, 0.3) is 0 Å². The molecule has 0 heterocycles. The number of ketones is 1. The van der Waals surface area contributed by atoms with Crippen molar-refractivity contribution in [2.75, 3.05) is 20.6 Å². The van der Waals surface area contributed by atoms with Crippen molar-refractivity contribution in [2.24, 2.45) is 0 Å². The molecule has 2 unspecified atom stereocenters. The molecule has 0 saturated heterocycles. The number of amides is 2. The molecular formula is C16H24N2O10. The lowest BCUT2D eigenvalue weighted by Gasteiger charge is -2.15. The molecule has 0 aromatic rings. The van der Waals surface area contributed by atoms with Gasteiger partial charge in [-0.1, -0.05) is 0 Å². The lowest BCUT2D eigenvalue weighted by Crippen LogP contribution is -2.45. The molecule has 0 aromatic carbocycles. The van der Waals surface area contributed by atoms with Crippen LogP contribution >= 0.6 is 0 Å². The molecule has 0 bridgehead atoms. The minimum Gasteiger partial charge on any atom is -0.452 e. The van der Waals surface area contributed by atoms with Gasteiger partial charge in [0.25, 0.3) is 11.8 Å². The van der Waals surface area contributed by atoms with Crippen molar-refractivity contribution in [1.29, 1.82) is 0 Å². The van der Waals surface area contributed by atoms with Crippen LogP contribution in [0.5, 0.6) is 0 Å². The first-order valence-electron chi connectivity index (χ1n) is 8.15. The summed E-state index contributed by atoms with van der Waals surface area (Å²) in [6.07, 6.45) is -3.54. The maximum absolute atomic E-state index is 11.8. The van der Waals surface area contributed by atoms with Crippen LogP contribution in [0, 0.1) is 0 Å². The lowest BCUT2D eigenvalue weighted by molar-refractivity contribution is -0.165. The first-order chi connectivity index (χ1) is 13.1. The third-order valence-electron chi connectivity index (χ3n) is 2.90. The van der Waals surface area contributed by atoms with E-state index in [9.17, 15) is 28.8 Å². The van der Waals surface area contributed by atoms with E-state index >= 15 is 0 Å². The highest BCUT2D eigenvalue weighted by atomic mass is 16.7. The van der Waals surface area contributed by atoms with Gasteiger partial charge < -0.3 is 29.6 Å². The number of ether oxygens (including phenoxy) is 4. The number of Topliss-reactive ketones (excluding diaryl/α,β-unsaturated/α-hetero) is 1. The van der Waals surface area contributed by atoms with Crippen LogP contribution in [0.1, 0.15) is 33.6 Å². The molecule has 0 aliphatic carbocycles.